The van der Waals surface area contributed by atoms with Crippen LogP contribution in [0.5, 0.6) is 0 Å². The second-order valence-corrected chi connectivity index (χ2v) is 2.36. The molecule has 0 aromatic heterocycles. The van der Waals surface area contributed by atoms with Crippen molar-refractivity contribution in [1.82, 2.24) is 0 Å². The SMILES string of the molecule is CCOC(=O)CC/C=C/C(C)=O. The lowest BCUT2D eigenvalue weighted by atomic mass is 10.2. The van der Waals surface area contributed by atoms with Crippen molar-refractivity contribution in [2.75, 3.05) is 6.61 Å². The van der Waals surface area contributed by atoms with E-state index in [0.29, 0.717) is 19.4 Å². The zero-order valence-corrected chi connectivity index (χ0v) is 7.50. The molecule has 0 spiro atoms. The maximum atomic E-state index is 10.7. The smallest absolute Gasteiger partial charge is 0.306 e. The zero-order chi connectivity index (χ0) is 9.40. The van der Waals surface area contributed by atoms with Gasteiger partial charge < -0.3 is 4.74 Å². The van der Waals surface area contributed by atoms with E-state index in [1.165, 1.54) is 13.0 Å². The molecular weight excluding hydrogens is 156 g/mol. The fourth-order valence-electron chi connectivity index (χ4n) is 0.684. The molecule has 0 saturated heterocycles. The first kappa shape index (κ1) is 10.9. The van der Waals surface area contributed by atoms with Gasteiger partial charge in [0.05, 0.1) is 6.61 Å². The van der Waals surface area contributed by atoms with Gasteiger partial charge in [0, 0.05) is 6.42 Å². The summed E-state index contributed by atoms with van der Waals surface area (Å²) in [6.45, 7) is 3.65. The molecule has 0 bridgehead atoms. The molecule has 0 aliphatic rings. The van der Waals surface area contributed by atoms with Crippen molar-refractivity contribution in [2.45, 2.75) is 26.7 Å². The molecule has 0 saturated carbocycles. The number of allylic oxidation sites excluding steroid dienone is 2. The van der Waals surface area contributed by atoms with Gasteiger partial charge in [0.25, 0.3) is 0 Å². The Morgan fingerprint density at radius 3 is 2.58 bits per heavy atom. The van der Waals surface area contributed by atoms with Crippen LogP contribution in [0.4, 0.5) is 0 Å². The van der Waals surface area contributed by atoms with Crippen LogP contribution in [-0.4, -0.2) is 18.4 Å². The van der Waals surface area contributed by atoms with Crippen molar-refractivity contribution in [2.24, 2.45) is 0 Å². The highest BCUT2D eigenvalue weighted by Gasteiger charge is 1.97. The van der Waals surface area contributed by atoms with E-state index in [4.69, 9.17) is 4.74 Å². The van der Waals surface area contributed by atoms with E-state index in [-0.39, 0.29) is 11.8 Å². The van der Waals surface area contributed by atoms with Crippen LogP contribution in [0.2, 0.25) is 0 Å². The maximum absolute atomic E-state index is 10.7. The third-order valence-corrected chi connectivity index (χ3v) is 1.17. The van der Waals surface area contributed by atoms with Gasteiger partial charge in [0.1, 0.15) is 0 Å². The highest BCUT2D eigenvalue weighted by atomic mass is 16.5. The molecule has 0 radical (unpaired) electrons. The van der Waals surface area contributed by atoms with Gasteiger partial charge in [-0.3, -0.25) is 9.59 Å². The Morgan fingerprint density at radius 2 is 2.08 bits per heavy atom. The number of hydrogen-bond donors (Lipinski definition) is 0. The van der Waals surface area contributed by atoms with Gasteiger partial charge in [0.2, 0.25) is 0 Å². The highest BCUT2D eigenvalue weighted by Crippen LogP contribution is 1.94. The molecule has 3 nitrogen and oxygen atoms in total. The molecule has 0 amide bonds. The van der Waals surface area contributed by atoms with E-state index in [0.717, 1.165) is 0 Å². The van der Waals surface area contributed by atoms with Crippen LogP contribution in [0.15, 0.2) is 12.2 Å². The maximum Gasteiger partial charge on any atom is 0.306 e. The lowest BCUT2D eigenvalue weighted by Crippen LogP contribution is -2.02. The summed E-state index contributed by atoms with van der Waals surface area (Å²) < 4.78 is 4.69. The van der Waals surface area contributed by atoms with Crippen LogP contribution in [0.1, 0.15) is 26.7 Å². The van der Waals surface area contributed by atoms with Gasteiger partial charge in [-0.1, -0.05) is 6.08 Å². The van der Waals surface area contributed by atoms with Crippen LogP contribution in [0.25, 0.3) is 0 Å². The Morgan fingerprint density at radius 1 is 1.42 bits per heavy atom. The van der Waals surface area contributed by atoms with E-state index in [1.807, 2.05) is 0 Å². The minimum atomic E-state index is -0.217. The van der Waals surface area contributed by atoms with Gasteiger partial charge in [-0.15, -0.1) is 0 Å². The number of ether oxygens (including phenoxy) is 1. The number of rotatable bonds is 5. The summed E-state index contributed by atoms with van der Waals surface area (Å²) in [5.41, 5.74) is 0. The molecule has 0 heterocycles. The summed E-state index contributed by atoms with van der Waals surface area (Å²) in [5, 5.41) is 0. The normalized spacial score (nSPS) is 10.2. The van der Waals surface area contributed by atoms with Crippen molar-refractivity contribution in [1.29, 1.82) is 0 Å². The molecule has 0 aromatic rings. The lowest BCUT2D eigenvalue weighted by molar-refractivity contribution is -0.143. The van der Waals surface area contributed by atoms with E-state index in [1.54, 1.807) is 13.0 Å². The Balaban J connectivity index is 3.43. The molecule has 0 aromatic carbocycles. The van der Waals surface area contributed by atoms with Crippen molar-refractivity contribution in [3.05, 3.63) is 12.2 Å². The predicted octanol–water partition coefficient (Wildman–Crippen LogP) is 1.47. The predicted molar refractivity (Wildman–Crippen MR) is 45.7 cm³/mol. The van der Waals surface area contributed by atoms with Gasteiger partial charge >= 0.3 is 5.97 Å². The second kappa shape index (κ2) is 6.58. The minimum Gasteiger partial charge on any atom is -0.466 e. The highest BCUT2D eigenvalue weighted by molar-refractivity contribution is 5.87. The fraction of sp³-hybridized carbons (Fsp3) is 0.556. The summed E-state index contributed by atoms with van der Waals surface area (Å²) in [7, 11) is 0. The topological polar surface area (TPSA) is 43.4 Å². The average molecular weight is 170 g/mol. The first-order valence-corrected chi connectivity index (χ1v) is 3.99. The average Bonchev–Trinajstić information content (AvgIpc) is 1.98. The molecule has 0 rings (SSSR count). The molecule has 0 N–H and O–H groups in total. The number of carbonyl (C=O) groups is 2. The summed E-state index contributed by atoms with van der Waals surface area (Å²) in [4.78, 5) is 21.2. The Labute approximate surface area is 72.4 Å². The van der Waals surface area contributed by atoms with Crippen molar-refractivity contribution in [3.63, 3.8) is 0 Å². The van der Waals surface area contributed by atoms with E-state index >= 15 is 0 Å². The van der Waals surface area contributed by atoms with Crippen molar-refractivity contribution < 1.29 is 14.3 Å². The van der Waals surface area contributed by atoms with Gasteiger partial charge in [-0.05, 0) is 26.3 Å². The first-order chi connectivity index (χ1) is 5.66. The van der Waals surface area contributed by atoms with Crippen LogP contribution in [-0.2, 0) is 14.3 Å². The Hall–Kier alpha value is -1.12. The quantitative estimate of drug-likeness (QED) is 0.463. The van der Waals surface area contributed by atoms with E-state index in [9.17, 15) is 9.59 Å². The van der Waals surface area contributed by atoms with Gasteiger partial charge in [-0.25, -0.2) is 0 Å². The van der Waals surface area contributed by atoms with E-state index < -0.39 is 0 Å². The summed E-state index contributed by atoms with van der Waals surface area (Å²) in [6, 6.07) is 0. The number of ketones is 1. The van der Waals surface area contributed by atoms with Crippen LogP contribution in [0.3, 0.4) is 0 Å². The fourth-order valence-corrected chi connectivity index (χ4v) is 0.684. The summed E-state index contributed by atoms with van der Waals surface area (Å²) >= 11 is 0. The molecule has 0 atom stereocenters. The summed E-state index contributed by atoms with van der Waals surface area (Å²) in [6.07, 6.45) is 4.05. The lowest BCUT2D eigenvalue weighted by Gasteiger charge is -1.97. The third kappa shape index (κ3) is 6.99. The first-order valence-electron chi connectivity index (χ1n) is 3.99. The number of hydrogen-bond acceptors (Lipinski definition) is 3. The largest absolute Gasteiger partial charge is 0.466 e. The van der Waals surface area contributed by atoms with Crippen LogP contribution in [0, 0.1) is 0 Å². The van der Waals surface area contributed by atoms with Crippen molar-refractivity contribution in [3.8, 4) is 0 Å². The molecule has 0 unspecified atom stereocenters. The standard InChI is InChI=1S/C9H14O3/c1-3-12-9(11)7-5-4-6-8(2)10/h4,6H,3,5,7H2,1-2H3/b6-4+. The van der Waals surface area contributed by atoms with Crippen LogP contribution < -0.4 is 0 Å². The van der Waals surface area contributed by atoms with Gasteiger partial charge in [-0.2, -0.15) is 0 Å². The Kier molecular flexibility index (Phi) is 5.97. The molecule has 68 valence electrons. The zero-order valence-electron chi connectivity index (χ0n) is 7.50. The molecule has 0 aliphatic heterocycles. The number of esters is 1. The molecular formula is C9H14O3. The third-order valence-electron chi connectivity index (χ3n) is 1.17. The van der Waals surface area contributed by atoms with Crippen LogP contribution >= 0.6 is 0 Å². The molecule has 3 heteroatoms. The Bertz CT molecular complexity index is 182. The second-order valence-electron chi connectivity index (χ2n) is 2.36. The van der Waals surface area contributed by atoms with Gasteiger partial charge in [0.15, 0.2) is 5.78 Å². The molecule has 0 aliphatic carbocycles. The summed E-state index contributed by atoms with van der Waals surface area (Å²) in [5.74, 6) is -0.218. The van der Waals surface area contributed by atoms with E-state index in [2.05, 4.69) is 0 Å². The minimum absolute atomic E-state index is 0.00106. The molecule has 0 fully saturated rings. The van der Waals surface area contributed by atoms with Crippen molar-refractivity contribution >= 4 is 11.8 Å². The number of carbonyl (C=O) groups excluding carboxylic acids is 2. The monoisotopic (exact) mass is 170 g/mol. The molecule has 12 heavy (non-hydrogen) atoms.